The molecule has 0 aliphatic carbocycles. The Morgan fingerprint density at radius 2 is 1.75 bits per heavy atom. The number of carbonyl (C=O) groups is 2. The van der Waals surface area contributed by atoms with Gasteiger partial charge in [0.2, 0.25) is 5.91 Å². The Balaban J connectivity index is 2.17. The zero-order valence-electron chi connectivity index (χ0n) is 10.3. The lowest BCUT2D eigenvalue weighted by atomic mass is 10.1. The zero-order valence-corrected chi connectivity index (χ0v) is 12.7. The smallest absolute Gasteiger partial charge is 0.256 e. The minimum atomic E-state index is -0.506. The normalized spacial score (nSPS) is 10.1. The molecule has 0 bridgehead atoms. The van der Waals surface area contributed by atoms with E-state index in [9.17, 15) is 9.59 Å². The van der Waals surface area contributed by atoms with Crippen LogP contribution in [0, 0.1) is 0 Å². The van der Waals surface area contributed by atoms with Gasteiger partial charge in [0.25, 0.3) is 5.91 Å². The number of thiol groups is 1. The molecule has 2 amide bonds. The van der Waals surface area contributed by atoms with Crippen molar-refractivity contribution in [2.45, 2.75) is 4.90 Å². The number of benzene rings is 2. The number of carbonyl (C=O) groups excluding carboxylic acids is 2. The van der Waals surface area contributed by atoms with Crippen LogP contribution in [0.1, 0.15) is 20.7 Å². The van der Waals surface area contributed by atoms with Gasteiger partial charge in [-0.15, -0.1) is 12.6 Å². The summed E-state index contributed by atoms with van der Waals surface area (Å²) in [6, 6.07) is 11.5. The molecule has 20 heavy (non-hydrogen) atoms. The van der Waals surface area contributed by atoms with E-state index in [1.54, 1.807) is 42.5 Å². The number of nitrogens with one attached hydrogen (secondary N) is 1. The number of rotatable bonds is 3. The van der Waals surface area contributed by atoms with Gasteiger partial charge in [0.15, 0.2) is 0 Å². The molecule has 2 aromatic carbocycles. The summed E-state index contributed by atoms with van der Waals surface area (Å²) in [5.74, 6) is -0.775. The Morgan fingerprint density at radius 1 is 1.10 bits per heavy atom. The summed E-state index contributed by atoms with van der Waals surface area (Å²) in [6.07, 6.45) is 0. The number of primary amides is 1. The Morgan fingerprint density at radius 3 is 2.30 bits per heavy atom. The van der Waals surface area contributed by atoms with Gasteiger partial charge in [0.1, 0.15) is 0 Å². The molecule has 0 fully saturated rings. The Kier molecular flexibility index (Phi) is 4.46. The monoisotopic (exact) mass is 350 g/mol. The number of amides is 2. The summed E-state index contributed by atoms with van der Waals surface area (Å²) in [4.78, 5) is 23.6. The third-order valence-corrected chi connectivity index (χ3v) is 3.49. The van der Waals surface area contributed by atoms with Gasteiger partial charge >= 0.3 is 0 Å². The van der Waals surface area contributed by atoms with Gasteiger partial charge in [-0.05, 0) is 42.5 Å². The van der Waals surface area contributed by atoms with Crippen molar-refractivity contribution < 1.29 is 9.59 Å². The molecule has 4 nitrogen and oxygen atoms in total. The molecule has 3 N–H and O–H groups in total. The molecule has 2 rings (SSSR count). The molecule has 0 aliphatic rings. The summed E-state index contributed by atoms with van der Waals surface area (Å²) >= 11 is 7.57. The molecule has 0 saturated carbocycles. The van der Waals surface area contributed by atoms with Crippen LogP contribution in [-0.4, -0.2) is 11.8 Å². The van der Waals surface area contributed by atoms with E-state index in [0.29, 0.717) is 21.7 Å². The maximum atomic E-state index is 12.1. The van der Waals surface area contributed by atoms with Gasteiger partial charge in [0.05, 0.1) is 5.56 Å². The molecule has 102 valence electrons. The van der Waals surface area contributed by atoms with Crippen molar-refractivity contribution in [2.24, 2.45) is 5.73 Å². The van der Waals surface area contributed by atoms with Crippen LogP contribution >= 0.6 is 28.6 Å². The number of anilines is 1. The van der Waals surface area contributed by atoms with Crippen molar-refractivity contribution in [3.8, 4) is 0 Å². The fraction of sp³-hybridized carbons (Fsp3) is 0. The maximum Gasteiger partial charge on any atom is 0.256 e. The minimum absolute atomic E-state index is 0.269. The highest BCUT2D eigenvalue weighted by molar-refractivity contribution is 9.10. The van der Waals surface area contributed by atoms with Crippen LogP contribution in [0.5, 0.6) is 0 Å². The van der Waals surface area contributed by atoms with E-state index in [4.69, 9.17) is 5.73 Å². The third-order valence-electron chi connectivity index (χ3n) is 2.63. The highest BCUT2D eigenvalue weighted by atomic mass is 79.9. The Labute approximate surface area is 129 Å². The molecule has 0 unspecified atom stereocenters. The molecular formula is C14H11BrN2O2S. The van der Waals surface area contributed by atoms with E-state index in [1.165, 1.54) is 0 Å². The summed E-state index contributed by atoms with van der Waals surface area (Å²) in [7, 11) is 0. The highest BCUT2D eigenvalue weighted by Crippen LogP contribution is 2.21. The van der Waals surface area contributed by atoms with Crippen molar-refractivity contribution in [1.82, 2.24) is 0 Å². The first-order valence-electron chi connectivity index (χ1n) is 5.67. The SMILES string of the molecule is NC(=O)c1ccc(NC(=O)c2ccc(Br)cc2S)cc1. The molecule has 0 spiro atoms. The molecule has 0 aromatic heterocycles. The van der Waals surface area contributed by atoms with Crippen LogP contribution in [0.4, 0.5) is 5.69 Å². The van der Waals surface area contributed by atoms with E-state index in [1.807, 2.05) is 0 Å². The Hall–Kier alpha value is -1.79. The molecule has 2 aromatic rings. The van der Waals surface area contributed by atoms with Gasteiger partial charge < -0.3 is 11.1 Å². The second kappa shape index (κ2) is 6.11. The zero-order chi connectivity index (χ0) is 14.7. The van der Waals surface area contributed by atoms with Gasteiger partial charge in [-0.25, -0.2) is 0 Å². The lowest BCUT2D eigenvalue weighted by molar-refractivity contribution is 0.0998. The van der Waals surface area contributed by atoms with Crippen LogP contribution < -0.4 is 11.1 Å². The average molecular weight is 351 g/mol. The summed E-state index contributed by atoms with van der Waals surface area (Å²) in [5.41, 5.74) is 6.59. The predicted molar refractivity (Wildman–Crippen MR) is 84.3 cm³/mol. The predicted octanol–water partition coefficient (Wildman–Crippen LogP) is 3.09. The minimum Gasteiger partial charge on any atom is -0.366 e. The first kappa shape index (κ1) is 14.6. The first-order valence-corrected chi connectivity index (χ1v) is 6.91. The number of nitrogens with two attached hydrogens (primary N) is 1. The highest BCUT2D eigenvalue weighted by Gasteiger charge is 2.10. The van der Waals surface area contributed by atoms with E-state index in [0.717, 1.165) is 4.47 Å². The number of halogens is 1. The number of hydrogen-bond acceptors (Lipinski definition) is 3. The van der Waals surface area contributed by atoms with Crippen LogP contribution in [0.15, 0.2) is 51.8 Å². The largest absolute Gasteiger partial charge is 0.366 e. The van der Waals surface area contributed by atoms with E-state index in [2.05, 4.69) is 33.9 Å². The lowest BCUT2D eigenvalue weighted by Gasteiger charge is -2.08. The summed E-state index contributed by atoms with van der Waals surface area (Å²) in [5, 5.41) is 2.73. The molecule has 0 heterocycles. The van der Waals surface area contributed by atoms with Crippen molar-refractivity contribution in [3.05, 3.63) is 58.1 Å². The van der Waals surface area contributed by atoms with Crippen molar-refractivity contribution >= 4 is 46.1 Å². The van der Waals surface area contributed by atoms with E-state index in [-0.39, 0.29) is 5.91 Å². The van der Waals surface area contributed by atoms with Gasteiger partial charge in [-0.1, -0.05) is 15.9 Å². The van der Waals surface area contributed by atoms with Gasteiger partial charge in [-0.2, -0.15) is 0 Å². The van der Waals surface area contributed by atoms with Gasteiger partial charge in [-0.3, -0.25) is 9.59 Å². The van der Waals surface area contributed by atoms with E-state index < -0.39 is 5.91 Å². The fourth-order valence-electron chi connectivity index (χ4n) is 1.61. The maximum absolute atomic E-state index is 12.1. The van der Waals surface area contributed by atoms with Gasteiger partial charge in [0, 0.05) is 20.6 Å². The van der Waals surface area contributed by atoms with Crippen LogP contribution in [0.3, 0.4) is 0 Å². The average Bonchev–Trinajstić information content (AvgIpc) is 2.39. The first-order chi connectivity index (χ1) is 9.47. The van der Waals surface area contributed by atoms with Crippen molar-refractivity contribution in [2.75, 3.05) is 5.32 Å². The molecule has 0 aliphatic heterocycles. The van der Waals surface area contributed by atoms with Crippen LogP contribution in [-0.2, 0) is 0 Å². The van der Waals surface area contributed by atoms with Crippen LogP contribution in [0.2, 0.25) is 0 Å². The fourth-order valence-corrected chi connectivity index (χ4v) is 2.47. The molecular weight excluding hydrogens is 340 g/mol. The van der Waals surface area contributed by atoms with Crippen molar-refractivity contribution in [3.63, 3.8) is 0 Å². The standard InChI is InChI=1S/C14H11BrN2O2S/c15-9-3-6-11(12(20)7-9)14(19)17-10-4-1-8(2-5-10)13(16)18/h1-7,20H,(H2,16,18)(H,17,19). The molecule has 0 atom stereocenters. The number of hydrogen-bond donors (Lipinski definition) is 3. The summed E-state index contributed by atoms with van der Waals surface area (Å²) in [6.45, 7) is 0. The Bertz CT molecular complexity index is 671. The molecule has 0 radical (unpaired) electrons. The topological polar surface area (TPSA) is 72.2 Å². The lowest BCUT2D eigenvalue weighted by Crippen LogP contribution is -2.14. The second-order valence-corrected chi connectivity index (χ2v) is 5.45. The van der Waals surface area contributed by atoms with E-state index >= 15 is 0 Å². The third kappa shape index (κ3) is 3.40. The molecule has 6 heteroatoms. The quantitative estimate of drug-likeness (QED) is 0.744. The van der Waals surface area contributed by atoms with Crippen LogP contribution in [0.25, 0.3) is 0 Å². The molecule has 0 saturated heterocycles. The van der Waals surface area contributed by atoms with Crippen molar-refractivity contribution in [1.29, 1.82) is 0 Å². The summed E-state index contributed by atoms with van der Waals surface area (Å²) < 4.78 is 0.852. The second-order valence-electron chi connectivity index (χ2n) is 4.06.